The van der Waals surface area contributed by atoms with Crippen LogP contribution in [-0.2, 0) is 19.1 Å². The zero-order chi connectivity index (χ0) is 21.5. The largest absolute Gasteiger partial charge is 0.466 e. The number of ether oxygens (including phenoxy) is 2. The maximum atomic E-state index is 11.7. The first-order chi connectivity index (χ1) is 14.8. The summed E-state index contributed by atoms with van der Waals surface area (Å²) in [5.41, 5.74) is 0. The Morgan fingerprint density at radius 2 is 0.767 bits per heavy atom. The third kappa shape index (κ3) is 18.7. The Kier molecular flexibility index (Phi) is 18.6. The fraction of sp³-hybridized carbons (Fsp3) is 0.846. The van der Waals surface area contributed by atoms with Crippen molar-refractivity contribution in [2.45, 2.75) is 128 Å². The number of carbonyl (C=O) groups excluding carboxylic acids is 2. The smallest absolute Gasteiger partial charge is 0.305 e. The third-order valence-electron chi connectivity index (χ3n) is 5.73. The molecule has 0 fully saturated rings. The highest BCUT2D eigenvalue weighted by Crippen LogP contribution is 2.12. The van der Waals surface area contributed by atoms with Gasteiger partial charge in [-0.25, -0.2) is 0 Å². The van der Waals surface area contributed by atoms with Crippen LogP contribution in [0.25, 0.3) is 0 Å². The third-order valence-corrected chi connectivity index (χ3v) is 5.73. The number of rotatable bonds is 0. The fourth-order valence-corrected chi connectivity index (χ4v) is 3.79. The number of esters is 2. The van der Waals surface area contributed by atoms with E-state index in [1.807, 2.05) is 0 Å². The Morgan fingerprint density at radius 1 is 0.433 bits per heavy atom. The lowest BCUT2D eigenvalue weighted by atomic mass is 10.1. The van der Waals surface area contributed by atoms with Gasteiger partial charge in [-0.2, -0.15) is 0 Å². The maximum absolute atomic E-state index is 11.7. The molecule has 30 heavy (non-hydrogen) atoms. The SMILES string of the molecule is O=C1CCCCCCCC/C=C/CCCCCCCCC(=O)OCCCCCCO1. The molecule has 4 nitrogen and oxygen atoms in total. The highest BCUT2D eigenvalue weighted by Gasteiger charge is 2.04. The Balaban J connectivity index is 2.17. The minimum Gasteiger partial charge on any atom is -0.466 e. The quantitative estimate of drug-likeness (QED) is 0.300. The molecule has 1 rings (SSSR count). The van der Waals surface area contributed by atoms with Gasteiger partial charge in [0.15, 0.2) is 0 Å². The van der Waals surface area contributed by atoms with E-state index in [1.165, 1.54) is 64.2 Å². The van der Waals surface area contributed by atoms with E-state index >= 15 is 0 Å². The van der Waals surface area contributed by atoms with Gasteiger partial charge in [-0.3, -0.25) is 9.59 Å². The van der Waals surface area contributed by atoms with E-state index in [0.29, 0.717) is 26.1 Å². The van der Waals surface area contributed by atoms with E-state index in [-0.39, 0.29) is 11.9 Å². The van der Waals surface area contributed by atoms with Gasteiger partial charge in [-0.1, -0.05) is 63.5 Å². The molecular formula is C26H46O4. The van der Waals surface area contributed by atoms with Crippen molar-refractivity contribution in [3.05, 3.63) is 12.2 Å². The van der Waals surface area contributed by atoms with Gasteiger partial charge in [0.25, 0.3) is 0 Å². The van der Waals surface area contributed by atoms with Crippen molar-refractivity contribution in [3.63, 3.8) is 0 Å². The van der Waals surface area contributed by atoms with Crippen LogP contribution in [0.15, 0.2) is 12.2 Å². The van der Waals surface area contributed by atoms with Gasteiger partial charge in [-0.05, 0) is 64.2 Å². The number of cyclic esters (lactones) is 2. The van der Waals surface area contributed by atoms with E-state index < -0.39 is 0 Å². The molecule has 0 saturated heterocycles. The second kappa shape index (κ2) is 20.9. The second-order valence-corrected chi connectivity index (χ2v) is 8.65. The summed E-state index contributed by atoms with van der Waals surface area (Å²) < 4.78 is 10.6. The van der Waals surface area contributed by atoms with Gasteiger partial charge < -0.3 is 9.47 Å². The van der Waals surface area contributed by atoms with Gasteiger partial charge in [0, 0.05) is 12.8 Å². The minimum absolute atomic E-state index is 0.0535. The van der Waals surface area contributed by atoms with Crippen molar-refractivity contribution in [2.75, 3.05) is 13.2 Å². The normalized spacial score (nSPS) is 23.3. The standard InChI is InChI=1S/C26H46O4/c27-25-21-17-13-11-9-7-5-3-1-2-4-6-8-10-12-14-18-22-26(28)30-24-20-16-15-19-23-29-25/h1-2H,3-24H2/b2-1+. The predicted molar refractivity (Wildman–Crippen MR) is 123 cm³/mol. The summed E-state index contributed by atoms with van der Waals surface area (Å²) >= 11 is 0. The highest BCUT2D eigenvalue weighted by atomic mass is 16.5. The predicted octanol–water partition coefficient (Wildman–Crippen LogP) is 7.44. The Morgan fingerprint density at radius 3 is 1.20 bits per heavy atom. The molecule has 0 atom stereocenters. The molecule has 1 aliphatic heterocycles. The molecule has 0 radical (unpaired) electrons. The topological polar surface area (TPSA) is 52.6 Å². The average molecular weight is 423 g/mol. The first kappa shape index (κ1) is 26.7. The van der Waals surface area contributed by atoms with E-state index in [1.54, 1.807) is 0 Å². The van der Waals surface area contributed by atoms with Crippen molar-refractivity contribution in [1.29, 1.82) is 0 Å². The van der Waals surface area contributed by atoms with Crippen LogP contribution in [0, 0.1) is 0 Å². The number of carbonyl (C=O) groups is 2. The number of allylic oxidation sites excluding steroid dienone is 2. The minimum atomic E-state index is -0.0535. The van der Waals surface area contributed by atoms with Crippen LogP contribution < -0.4 is 0 Å². The number of hydrogen-bond donors (Lipinski definition) is 0. The molecule has 0 aliphatic carbocycles. The Bertz CT molecular complexity index is 404. The van der Waals surface area contributed by atoms with Crippen LogP contribution >= 0.6 is 0 Å². The first-order valence-electron chi connectivity index (χ1n) is 12.8. The van der Waals surface area contributed by atoms with Gasteiger partial charge >= 0.3 is 11.9 Å². The van der Waals surface area contributed by atoms with Crippen molar-refractivity contribution in [1.82, 2.24) is 0 Å². The van der Waals surface area contributed by atoms with E-state index in [4.69, 9.17) is 9.47 Å². The molecule has 0 saturated carbocycles. The summed E-state index contributed by atoms with van der Waals surface area (Å²) in [5, 5.41) is 0. The molecule has 0 unspecified atom stereocenters. The zero-order valence-electron chi connectivity index (χ0n) is 19.3. The van der Waals surface area contributed by atoms with E-state index in [9.17, 15) is 9.59 Å². The molecule has 174 valence electrons. The molecule has 0 aromatic carbocycles. The molecule has 0 aromatic rings. The van der Waals surface area contributed by atoms with Crippen LogP contribution in [0.3, 0.4) is 0 Å². The molecular weight excluding hydrogens is 376 g/mol. The van der Waals surface area contributed by atoms with Crippen molar-refractivity contribution in [2.24, 2.45) is 0 Å². The zero-order valence-corrected chi connectivity index (χ0v) is 19.3. The molecule has 0 aromatic heterocycles. The lowest BCUT2D eigenvalue weighted by Gasteiger charge is -2.06. The van der Waals surface area contributed by atoms with E-state index in [0.717, 1.165) is 51.4 Å². The van der Waals surface area contributed by atoms with Crippen LogP contribution in [0.4, 0.5) is 0 Å². The first-order valence-corrected chi connectivity index (χ1v) is 12.8. The second-order valence-electron chi connectivity index (χ2n) is 8.65. The van der Waals surface area contributed by atoms with Gasteiger partial charge in [0.1, 0.15) is 0 Å². The summed E-state index contributed by atoms with van der Waals surface area (Å²) in [7, 11) is 0. The maximum Gasteiger partial charge on any atom is 0.305 e. The van der Waals surface area contributed by atoms with Crippen LogP contribution in [0.5, 0.6) is 0 Å². The molecule has 4 heteroatoms. The molecule has 1 heterocycles. The van der Waals surface area contributed by atoms with Crippen molar-refractivity contribution >= 4 is 11.9 Å². The summed E-state index contributed by atoms with van der Waals surface area (Å²) in [5.74, 6) is -0.107. The van der Waals surface area contributed by atoms with Crippen molar-refractivity contribution in [3.8, 4) is 0 Å². The molecule has 0 N–H and O–H groups in total. The monoisotopic (exact) mass is 422 g/mol. The van der Waals surface area contributed by atoms with E-state index in [2.05, 4.69) is 12.2 Å². The Hall–Kier alpha value is -1.32. The molecule has 0 spiro atoms. The molecule has 1 aliphatic rings. The lowest BCUT2D eigenvalue weighted by Crippen LogP contribution is -2.07. The molecule has 0 amide bonds. The fourth-order valence-electron chi connectivity index (χ4n) is 3.79. The summed E-state index contributed by atoms with van der Waals surface area (Å²) in [6.07, 6.45) is 26.3. The molecule has 0 bridgehead atoms. The number of hydrogen-bond acceptors (Lipinski definition) is 4. The Labute approximate surface area is 185 Å². The highest BCUT2D eigenvalue weighted by molar-refractivity contribution is 5.69. The van der Waals surface area contributed by atoms with Gasteiger partial charge in [0.05, 0.1) is 13.2 Å². The summed E-state index contributed by atoms with van der Waals surface area (Å²) in [6, 6.07) is 0. The van der Waals surface area contributed by atoms with Crippen LogP contribution in [0.2, 0.25) is 0 Å². The average Bonchev–Trinajstić information content (AvgIpc) is 2.74. The van der Waals surface area contributed by atoms with Crippen molar-refractivity contribution < 1.29 is 19.1 Å². The lowest BCUT2D eigenvalue weighted by molar-refractivity contribution is -0.145. The van der Waals surface area contributed by atoms with Gasteiger partial charge in [0.2, 0.25) is 0 Å². The van der Waals surface area contributed by atoms with Gasteiger partial charge in [-0.15, -0.1) is 0 Å². The summed E-state index contributed by atoms with van der Waals surface area (Å²) in [6.45, 7) is 1.04. The van der Waals surface area contributed by atoms with Crippen LogP contribution in [-0.4, -0.2) is 25.2 Å². The van der Waals surface area contributed by atoms with Crippen LogP contribution in [0.1, 0.15) is 128 Å². The summed E-state index contributed by atoms with van der Waals surface area (Å²) in [4.78, 5) is 23.5.